The number of H-pyrrole nitrogens is 1. The first-order valence-electron chi connectivity index (χ1n) is 16.6. The molecule has 15 nitrogen and oxygen atoms in total. The maximum Gasteiger partial charge on any atom is 0.459 e. The summed E-state index contributed by atoms with van der Waals surface area (Å²) in [6.45, 7) is 9.18. The highest BCUT2D eigenvalue weighted by Gasteiger charge is 2.52. The number of carbonyl (C=O) groups excluding carboxylic acids is 2. The van der Waals surface area contributed by atoms with Crippen molar-refractivity contribution < 1.29 is 32.7 Å². The van der Waals surface area contributed by atoms with Crippen molar-refractivity contribution in [2.75, 3.05) is 25.6 Å². The Morgan fingerprint density at radius 3 is 2.45 bits per heavy atom. The number of aromatic nitrogens is 4. The summed E-state index contributed by atoms with van der Waals surface area (Å²) in [4.78, 5) is 48.9. The first-order valence-corrected chi connectivity index (χ1v) is 18.1. The lowest BCUT2D eigenvalue weighted by Gasteiger charge is -2.25. The lowest BCUT2D eigenvalue weighted by atomic mass is 9.99. The van der Waals surface area contributed by atoms with Gasteiger partial charge in [-0.3, -0.25) is 28.5 Å². The number of anilines is 1. The maximum atomic E-state index is 14.3. The molecule has 1 aromatic carbocycles. The Kier molecular flexibility index (Phi) is 12.8. The molecule has 2 aromatic heterocycles. The van der Waals surface area contributed by atoms with Crippen LogP contribution in [0, 0.1) is 17.3 Å². The standard InChI is InChI=1S/C33H48N7O8P/c1-6-11-23(12-7-2)17-45-30(42)22(5)39-49(44,48-25-13-9-8-10-14-25)47-19-33(18-46-31(43)26(34)21(3)4)15-24(33)16-40-20-36-27-28(40)37-32(35)38-29(27)41/h8-10,13-14,16,20-23,26H,6-7,11-12,15,17-19,34H2,1-5H3,(H,39,44)(H3,35,37,38,41)/b24-16-/t22-,26-,33-,49-/m0/s1. The van der Waals surface area contributed by atoms with Gasteiger partial charge in [-0.2, -0.15) is 10.1 Å². The summed E-state index contributed by atoms with van der Waals surface area (Å²) in [5.74, 6) is -0.951. The molecule has 0 bridgehead atoms. The molecule has 0 amide bonds. The van der Waals surface area contributed by atoms with Crippen LogP contribution < -0.4 is 26.6 Å². The minimum absolute atomic E-state index is 0.0800. The summed E-state index contributed by atoms with van der Waals surface area (Å²) in [5.41, 5.74) is 11.4. The lowest BCUT2D eigenvalue weighted by molar-refractivity contribution is -0.148. The van der Waals surface area contributed by atoms with Gasteiger partial charge in [-0.05, 0) is 55.7 Å². The number of hydrogen-bond donors (Lipinski definition) is 4. The van der Waals surface area contributed by atoms with Crippen LogP contribution in [0.1, 0.15) is 66.7 Å². The molecular formula is C33H48N7O8P. The molecular weight excluding hydrogens is 653 g/mol. The normalized spacial score (nSPS) is 19.1. The molecule has 1 fully saturated rings. The van der Waals surface area contributed by atoms with Crippen LogP contribution >= 0.6 is 7.75 Å². The number of hydrogen-bond acceptors (Lipinski definition) is 12. The molecule has 0 radical (unpaired) electrons. The van der Waals surface area contributed by atoms with Gasteiger partial charge in [0.2, 0.25) is 5.95 Å². The zero-order valence-corrected chi connectivity index (χ0v) is 29.6. The molecule has 1 aliphatic carbocycles. The third kappa shape index (κ3) is 10.0. The van der Waals surface area contributed by atoms with Gasteiger partial charge in [0.1, 0.15) is 30.8 Å². The number of nitrogen functional groups attached to an aromatic ring is 1. The number of nitrogens with one attached hydrogen (secondary N) is 2. The highest BCUT2D eigenvalue weighted by molar-refractivity contribution is 7.52. The van der Waals surface area contributed by atoms with Crippen LogP contribution in [0.25, 0.3) is 17.4 Å². The molecule has 1 saturated carbocycles. The van der Waals surface area contributed by atoms with Crippen molar-refractivity contribution in [1.82, 2.24) is 24.6 Å². The number of imidazole rings is 1. The zero-order chi connectivity index (χ0) is 35.8. The number of rotatable bonds is 19. The SMILES string of the molecule is CCCC(CCC)COC(=O)[C@H](C)N[P@](=O)(OC[C@@]1(COC(=O)[C@@H](N)C(C)C)C/C1=C/n1cnc2c(=O)[nH]c(N)nc21)Oc1ccccc1. The Labute approximate surface area is 285 Å². The summed E-state index contributed by atoms with van der Waals surface area (Å²) in [5, 5.41) is 2.74. The van der Waals surface area contributed by atoms with Gasteiger partial charge >= 0.3 is 19.7 Å². The van der Waals surface area contributed by atoms with Crippen molar-refractivity contribution in [2.45, 2.75) is 78.8 Å². The van der Waals surface area contributed by atoms with Crippen LogP contribution in [-0.2, 0) is 28.2 Å². The predicted octanol–water partition coefficient (Wildman–Crippen LogP) is 4.40. The van der Waals surface area contributed by atoms with Crippen molar-refractivity contribution in [2.24, 2.45) is 23.0 Å². The number of carbonyl (C=O) groups is 2. The van der Waals surface area contributed by atoms with E-state index in [-0.39, 0.29) is 54.5 Å². The van der Waals surface area contributed by atoms with Crippen LogP contribution in [0.5, 0.6) is 5.75 Å². The smallest absolute Gasteiger partial charge is 0.459 e. The van der Waals surface area contributed by atoms with Gasteiger partial charge in [0.25, 0.3) is 5.56 Å². The lowest BCUT2D eigenvalue weighted by Crippen LogP contribution is -2.38. The zero-order valence-electron chi connectivity index (χ0n) is 28.7. The Morgan fingerprint density at radius 1 is 1.10 bits per heavy atom. The van der Waals surface area contributed by atoms with Crippen molar-refractivity contribution in [3.63, 3.8) is 0 Å². The van der Waals surface area contributed by atoms with E-state index in [1.54, 1.807) is 50.4 Å². The largest absolute Gasteiger partial charge is 0.464 e. The van der Waals surface area contributed by atoms with Crippen molar-refractivity contribution in [3.05, 3.63) is 52.6 Å². The van der Waals surface area contributed by atoms with Crippen LogP contribution in [0.15, 0.2) is 47.0 Å². The van der Waals surface area contributed by atoms with E-state index in [4.69, 9.17) is 30.0 Å². The number of nitrogens with zero attached hydrogens (tertiary/aromatic N) is 3. The van der Waals surface area contributed by atoms with Crippen molar-refractivity contribution >= 4 is 43.0 Å². The Morgan fingerprint density at radius 2 is 1.80 bits per heavy atom. The molecule has 0 spiro atoms. The molecule has 3 aromatic rings. The summed E-state index contributed by atoms with van der Waals surface area (Å²) in [6, 6.07) is 6.52. The van der Waals surface area contributed by atoms with Gasteiger partial charge in [-0.1, -0.05) is 58.7 Å². The second-order valence-corrected chi connectivity index (χ2v) is 14.6. The van der Waals surface area contributed by atoms with E-state index in [2.05, 4.69) is 33.9 Å². The fraction of sp³-hybridized carbons (Fsp3) is 0.545. The Balaban J connectivity index is 1.58. The average Bonchev–Trinajstić information content (AvgIpc) is 3.59. The molecule has 6 N–H and O–H groups in total. The first kappa shape index (κ1) is 37.8. The van der Waals surface area contributed by atoms with E-state index in [1.807, 2.05) is 0 Å². The maximum absolute atomic E-state index is 14.3. The summed E-state index contributed by atoms with van der Waals surface area (Å²) in [6.07, 6.45) is 7.26. The molecule has 0 unspecified atom stereocenters. The fourth-order valence-corrected chi connectivity index (χ4v) is 6.85. The number of aromatic amines is 1. The van der Waals surface area contributed by atoms with Gasteiger partial charge < -0.3 is 25.5 Å². The van der Waals surface area contributed by atoms with Gasteiger partial charge in [0.05, 0.1) is 18.6 Å². The number of esters is 2. The predicted molar refractivity (Wildman–Crippen MR) is 185 cm³/mol. The van der Waals surface area contributed by atoms with Crippen LogP contribution in [0.4, 0.5) is 5.95 Å². The monoisotopic (exact) mass is 701 g/mol. The highest BCUT2D eigenvalue weighted by Crippen LogP contribution is 2.56. The molecule has 4 rings (SSSR count). The summed E-state index contributed by atoms with van der Waals surface area (Å²) < 4.78 is 39.0. The van der Waals surface area contributed by atoms with E-state index < -0.39 is 42.7 Å². The third-order valence-electron chi connectivity index (χ3n) is 8.35. The topological polar surface area (TPSA) is 216 Å². The van der Waals surface area contributed by atoms with E-state index in [9.17, 15) is 18.9 Å². The van der Waals surface area contributed by atoms with Gasteiger partial charge in [-0.25, -0.2) is 9.55 Å². The van der Waals surface area contributed by atoms with Crippen LogP contribution in [0.2, 0.25) is 0 Å². The minimum atomic E-state index is -4.25. The number of benzene rings is 1. The van der Waals surface area contributed by atoms with E-state index in [1.165, 1.54) is 17.8 Å². The quantitative estimate of drug-likeness (QED) is 0.101. The van der Waals surface area contributed by atoms with Crippen molar-refractivity contribution in [3.8, 4) is 5.75 Å². The average molecular weight is 702 g/mol. The number of nitrogens with two attached hydrogens (primary N) is 2. The summed E-state index contributed by atoms with van der Waals surface area (Å²) >= 11 is 0. The third-order valence-corrected chi connectivity index (χ3v) is 9.98. The molecule has 0 aliphatic heterocycles. The van der Waals surface area contributed by atoms with E-state index >= 15 is 0 Å². The first-order chi connectivity index (χ1) is 23.3. The second kappa shape index (κ2) is 16.6. The Bertz CT molecular complexity index is 1720. The van der Waals surface area contributed by atoms with Gasteiger partial charge in [0.15, 0.2) is 11.2 Å². The molecule has 0 saturated heterocycles. The van der Waals surface area contributed by atoms with Crippen LogP contribution in [0.3, 0.4) is 0 Å². The summed E-state index contributed by atoms with van der Waals surface area (Å²) in [7, 11) is -4.25. The molecule has 4 atom stereocenters. The van der Waals surface area contributed by atoms with E-state index in [0.717, 1.165) is 31.3 Å². The molecule has 16 heteroatoms. The highest BCUT2D eigenvalue weighted by atomic mass is 31.2. The van der Waals surface area contributed by atoms with E-state index in [0.29, 0.717) is 6.42 Å². The second-order valence-electron chi connectivity index (χ2n) is 12.9. The molecule has 1 aliphatic rings. The molecule has 268 valence electrons. The van der Waals surface area contributed by atoms with Crippen molar-refractivity contribution in [1.29, 1.82) is 0 Å². The molecule has 49 heavy (non-hydrogen) atoms. The number of ether oxygens (including phenoxy) is 2. The number of fused-ring (bicyclic) bond motifs is 1. The van der Waals surface area contributed by atoms with Crippen LogP contribution in [-0.4, -0.2) is 63.4 Å². The van der Waals surface area contributed by atoms with Gasteiger partial charge in [-0.15, -0.1) is 0 Å². The molecule has 2 heterocycles. The fourth-order valence-electron chi connectivity index (χ4n) is 5.28. The minimum Gasteiger partial charge on any atom is -0.464 e. The Hall–Kier alpha value is -4.04. The van der Waals surface area contributed by atoms with Gasteiger partial charge in [0, 0.05) is 6.20 Å². The number of para-hydroxylation sites is 1.